The summed E-state index contributed by atoms with van der Waals surface area (Å²) in [6.45, 7) is 2.83. The number of aryl methyl sites for hydroxylation is 1. The van der Waals surface area contributed by atoms with Crippen LogP contribution in [0.1, 0.15) is 40.6 Å². The summed E-state index contributed by atoms with van der Waals surface area (Å²) in [6, 6.07) is 11.6. The first-order valence-corrected chi connectivity index (χ1v) is 11.5. The average Bonchev–Trinajstić information content (AvgIpc) is 3.54. The van der Waals surface area contributed by atoms with Gasteiger partial charge in [0.05, 0.1) is 24.8 Å². The lowest BCUT2D eigenvalue weighted by molar-refractivity contribution is -0.131. The van der Waals surface area contributed by atoms with Gasteiger partial charge in [0.15, 0.2) is 22.9 Å². The Hall–Kier alpha value is -3.29. The molecule has 3 heterocycles. The first kappa shape index (κ1) is 22.5. The van der Waals surface area contributed by atoms with Crippen molar-refractivity contribution in [2.45, 2.75) is 31.9 Å². The van der Waals surface area contributed by atoms with E-state index < -0.39 is 23.5 Å². The summed E-state index contributed by atoms with van der Waals surface area (Å²) in [5.41, 5.74) is 2.01. The number of carbonyl (C=O) groups is 2. The van der Waals surface area contributed by atoms with Crippen LogP contribution in [0.4, 0.5) is 0 Å². The normalized spacial score (nSPS) is 20.6. The van der Waals surface area contributed by atoms with Crippen LogP contribution in [0.15, 0.2) is 58.2 Å². The molecule has 2 aromatic carbocycles. The number of ether oxygens (including phenoxy) is 2. The Morgan fingerprint density at radius 2 is 2.06 bits per heavy atom. The molecule has 34 heavy (non-hydrogen) atoms. The van der Waals surface area contributed by atoms with Crippen molar-refractivity contribution in [3.63, 3.8) is 0 Å². The number of carbonyl (C=O) groups excluding carboxylic acids is 2. The number of benzene rings is 2. The number of Topliss-reactive ketones (excluding diaryl/α,β-unsaturated/α-hetero) is 1. The van der Waals surface area contributed by atoms with Crippen LogP contribution in [0.2, 0.25) is 5.02 Å². The molecule has 1 amide bonds. The Balaban J connectivity index is 1.60. The lowest BCUT2D eigenvalue weighted by atomic mass is 9.92. The second-order valence-corrected chi connectivity index (χ2v) is 9.02. The van der Waals surface area contributed by atoms with Gasteiger partial charge in [-0.3, -0.25) is 9.59 Å². The molecule has 0 aliphatic carbocycles. The van der Waals surface area contributed by atoms with Crippen LogP contribution in [0, 0.1) is 6.92 Å². The van der Waals surface area contributed by atoms with Gasteiger partial charge in [-0.2, -0.15) is 0 Å². The maximum absolute atomic E-state index is 13.7. The van der Waals surface area contributed by atoms with Crippen molar-refractivity contribution >= 4 is 34.3 Å². The lowest BCUT2D eigenvalue weighted by Crippen LogP contribution is -2.37. The van der Waals surface area contributed by atoms with Crippen molar-refractivity contribution in [3.05, 3.63) is 75.7 Å². The maximum Gasteiger partial charge on any atom is 0.290 e. The third-order valence-corrected chi connectivity index (χ3v) is 6.66. The molecule has 7 nitrogen and oxygen atoms in total. The fourth-order valence-electron chi connectivity index (χ4n) is 4.78. The largest absolute Gasteiger partial charge is 0.503 e. The molecule has 2 atom stereocenters. The molecule has 2 unspecified atom stereocenters. The van der Waals surface area contributed by atoms with E-state index in [9.17, 15) is 14.7 Å². The number of fused-ring (bicyclic) bond motifs is 1. The summed E-state index contributed by atoms with van der Waals surface area (Å²) in [7, 11) is 1.48. The molecule has 2 aliphatic heterocycles. The molecule has 5 rings (SSSR count). The van der Waals surface area contributed by atoms with Gasteiger partial charge in [0.2, 0.25) is 5.78 Å². The Morgan fingerprint density at radius 3 is 2.76 bits per heavy atom. The number of aliphatic hydroxyl groups is 1. The lowest BCUT2D eigenvalue weighted by Gasteiger charge is -2.29. The molecule has 0 spiro atoms. The predicted molar refractivity (Wildman–Crippen MR) is 126 cm³/mol. The Bertz CT molecular complexity index is 1320. The van der Waals surface area contributed by atoms with Crippen molar-refractivity contribution in [1.82, 2.24) is 4.90 Å². The summed E-state index contributed by atoms with van der Waals surface area (Å²) in [5, 5.41) is 11.9. The van der Waals surface area contributed by atoms with Crippen molar-refractivity contribution in [2.24, 2.45) is 0 Å². The van der Waals surface area contributed by atoms with Crippen LogP contribution in [0.25, 0.3) is 11.0 Å². The molecule has 2 aliphatic rings. The van der Waals surface area contributed by atoms with Crippen molar-refractivity contribution in [2.75, 3.05) is 20.3 Å². The van der Waals surface area contributed by atoms with Crippen LogP contribution >= 0.6 is 11.6 Å². The van der Waals surface area contributed by atoms with E-state index in [0.717, 1.165) is 24.0 Å². The number of furan rings is 1. The van der Waals surface area contributed by atoms with Crippen LogP contribution in [0.5, 0.6) is 5.75 Å². The topological polar surface area (TPSA) is 89.2 Å². The van der Waals surface area contributed by atoms with E-state index in [2.05, 4.69) is 0 Å². The maximum atomic E-state index is 13.7. The number of hydrogen-bond acceptors (Lipinski definition) is 6. The Kier molecular flexibility index (Phi) is 5.83. The van der Waals surface area contributed by atoms with Crippen LogP contribution in [0.3, 0.4) is 0 Å². The van der Waals surface area contributed by atoms with E-state index >= 15 is 0 Å². The SMILES string of the molecule is COc1cc(Cl)cc2cc(C(=O)C3=C(O)C(=O)N(CC4CCCO4)C3c3ccccc3C)oc12. The second-order valence-electron chi connectivity index (χ2n) is 8.58. The monoisotopic (exact) mass is 481 g/mol. The van der Waals surface area contributed by atoms with Gasteiger partial charge in [-0.15, -0.1) is 0 Å². The molecule has 0 radical (unpaired) electrons. The standard InChI is InChI=1S/C26H24ClNO6/c1-14-6-3-4-8-18(14)22-21(24(30)26(31)28(22)13-17-7-5-9-33-17)23(29)19-11-15-10-16(27)12-20(32-2)25(15)34-19/h3-4,6,8,10-12,17,22,30H,5,7,9,13H2,1-2H3. The summed E-state index contributed by atoms with van der Waals surface area (Å²) in [5.74, 6) is -1.35. The molecular formula is C26H24ClNO6. The van der Waals surface area contributed by atoms with Gasteiger partial charge in [-0.05, 0) is 43.0 Å². The number of aliphatic hydroxyl groups excluding tert-OH is 1. The van der Waals surface area contributed by atoms with Crippen molar-refractivity contribution in [3.8, 4) is 5.75 Å². The summed E-state index contributed by atoms with van der Waals surface area (Å²) < 4.78 is 16.9. The molecule has 0 saturated carbocycles. The van der Waals surface area contributed by atoms with E-state index in [0.29, 0.717) is 28.3 Å². The summed E-state index contributed by atoms with van der Waals surface area (Å²) in [4.78, 5) is 28.5. The van der Waals surface area contributed by atoms with Crippen LogP contribution < -0.4 is 4.74 Å². The third-order valence-electron chi connectivity index (χ3n) is 6.45. The Morgan fingerprint density at radius 1 is 1.26 bits per heavy atom. The van der Waals surface area contributed by atoms with Gasteiger partial charge in [-0.25, -0.2) is 0 Å². The highest BCUT2D eigenvalue weighted by Crippen LogP contribution is 2.42. The zero-order chi connectivity index (χ0) is 24.0. The smallest absolute Gasteiger partial charge is 0.290 e. The highest BCUT2D eigenvalue weighted by atomic mass is 35.5. The average molecular weight is 482 g/mol. The highest BCUT2D eigenvalue weighted by Gasteiger charge is 2.46. The van der Waals surface area contributed by atoms with Crippen LogP contribution in [-0.4, -0.2) is 48.1 Å². The van der Waals surface area contributed by atoms with Gasteiger partial charge in [0.1, 0.15) is 0 Å². The van der Waals surface area contributed by atoms with E-state index in [1.165, 1.54) is 12.0 Å². The van der Waals surface area contributed by atoms with Crippen molar-refractivity contribution < 1.29 is 28.6 Å². The third kappa shape index (κ3) is 3.75. The van der Waals surface area contributed by atoms with Crippen LogP contribution in [-0.2, 0) is 9.53 Å². The number of amides is 1. The number of hydrogen-bond donors (Lipinski definition) is 1. The number of rotatable bonds is 6. The molecular weight excluding hydrogens is 458 g/mol. The molecule has 1 N–H and O–H groups in total. The zero-order valence-electron chi connectivity index (χ0n) is 18.8. The van der Waals surface area contributed by atoms with Gasteiger partial charge in [0.25, 0.3) is 5.91 Å². The zero-order valence-corrected chi connectivity index (χ0v) is 19.6. The summed E-state index contributed by atoms with van der Waals surface area (Å²) in [6.07, 6.45) is 1.59. The first-order chi connectivity index (χ1) is 16.4. The fraction of sp³-hybridized carbons (Fsp3) is 0.308. The number of halogens is 1. The number of methoxy groups -OCH3 is 1. The quantitative estimate of drug-likeness (QED) is 0.489. The van der Waals surface area contributed by atoms with Gasteiger partial charge < -0.3 is 23.9 Å². The molecule has 0 bridgehead atoms. The predicted octanol–water partition coefficient (Wildman–Crippen LogP) is 5.16. The number of ketones is 1. The minimum atomic E-state index is -0.760. The van der Waals surface area contributed by atoms with E-state index in [4.69, 9.17) is 25.5 Å². The molecule has 8 heteroatoms. The van der Waals surface area contributed by atoms with Crippen molar-refractivity contribution in [1.29, 1.82) is 0 Å². The highest BCUT2D eigenvalue weighted by molar-refractivity contribution is 6.31. The van der Waals surface area contributed by atoms with Gasteiger partial charge in [0, 0.05) is 29.6 Å². The van der Waals surface area contributed by atoms with Gasteiger partial charge in [-0.1, -0.05) is 35.9 Å². The van der Waals surface area contributed by atoms with E-state index in [-0.39, 0.29) is 24.0 Å². The minimum Gasteiger partial charge on any atom is -0.503 e. The first-order valence-electron chi connectivity index (χ1n) is 11.1. The fourth-order valence-corrected chi connectivity index (χ4v) is 5.00. The Labute approximate surface area is 201 Å². The number of nitrogens with zero attached hydrogens (tertiary/aromatic N) is 1. The minimum absolute atomic E-state index is 0.0116. The van der Waals surface area contributed by atoms with E-state index in [1.54, 1.807) is 18.2 Å². The molecule has 3 aromatic rings. The second kappa shape index (κ2) is 8.81. The molecule has 176 valence electrons. The summed E-state index contributed by atoms with van der Waals surface area (Å²) >= 11 is 6.16. The molecule has 1 saturated heterocycles. The van der Waals surface area contributed by atoms with E-state index in [1.807, 2.05) is 31.2 Å². The molecule has 1 aromatic heterocycles. The van der Waals surface area contributed by atoms with Gasteiger partial charge >= 0.3 is 0 Å². The molecule has 1 fully saturated rings.